The number of carboxylic acids is 1. The lowest BCUT2D eigenvalue weighted by molar-refractivity contribution is -0.252. The number of aromatic nitrogens is 4. The zero-order chi connectivity index (χ0) is 36.8. The van der Waals surface area contributed by atoms with Crippen molar-refractivity contribution in [3.05, 3.63) is 11.6 Å². The molecule has 6 rings (SSSR count). The molecule has 11 nitrogen and oxygen atoms in total. The monoisotopic (exact) mass is 696 g/mol. The van der Waals surface area contributed by atoms with Crippen LogP contribution in [0.4, 0.5) is 5.95 Å². The molecule has 0 spiro atoms. The SMILES string of the molecule is CC(=O)Nc1nnnn1[C@@H]1C[C@@]23COC[C@@](C)([C@@H]2CC[C@H]2C3=CC[C@@]3(C)[C@H](C(=O)O)[C@@](C)([C@H](C)C(C)C)CC[C@]23C)[C@H]1OC[C@](C)(N)C(C)C. The number of amides is 1. The van der Waals surface area contributed by atoms with Crippen LogP contribution in [0.3, 0.4) is 0 Å². The first-order chi connectivity index (χ1) is 23.2. The maximum Gasteiger partial charge on any atom is 0.307 e. The number of fused-ring (bicyclic) bond motifs is 3. The van der Waals surface area contributed by atoms with Gasteiger partial charge in [-0.1, -0.05) is 79.1 Å². The zero-order valence-corrected chi connectivity index (χ0v) is 32.5. The molecule has 0 radical (unpaired) electrons. The van der Waals surface area contributed by atoms with Gasteiger partial charge in [0.1, 0.15) is 0 Å². The molecule has 12 atom stereocenters. The van der Waals surface area contributed by atoms with Gasteiger partial charge < -0.3 is 20.3 Å². The van der Waals surface area contributed by atoms with Gasteiger partial charge in [0.25, 0.3) is 0 Å². The number of anilines is 1. The van der Waals surface area contributed by atoms with E-state index >= 15 is 0 Å². The molecule has 280 valence electrons. The molecule has 2 heterocycles. The molecule has 4 fully saturated rings. The highest BCUT2D eigenvalue weighted by Crippen LogP contribution is 2.75. The summed E-state index contributed by atoms with van der Waals surface area (Å²) < 4.78 is 15.4. The first-order valence-electron chi connectivity index (χ1n) is 19.2. The third-order valence-corrected chi connectivity index (χ3v) is 16.1. The number of ether oxygens (including phenoxy) is 2. The van der Waals surface area contributed by atoms with Crippen molar-refractivity contribution < 1.29 is 24.2 Å². The van der Waals surface area contributed by atoms with E-state index in [-0.39, 0.29) is 63.4 Å². The molecule has 3 saturated carbocycles. The summed E-state index contributed by atoms with van der Waals surface area (Å²) in [6.45, 7) is 25.2. The van der Waals surface area contributed by atoms with Gasteiger partial charge in [0.2, 0.25) is 11.9 Å². The average molecular weight is 697 g/mol. The number of rotatable bonds is 9. The van der Waals surface area contributed by atoms with E-state index in [4.69, 9.17) is 15.2 Å². The van der Waals surface area contributed by atoms with Crippen LogP contribution in [0.2, 0.25) is 0 Å². The van der Waals surface area contributed by atoms with E-state index in [9.17, 15) is 14.7 Å². The van der Waals surface area contributed by atoms with Crippen LogP contribution in [0.25, 0.3) is 0 Å². The molecule has 1 aromatic rings. The average Bonchev–Trinajstić information content (AvgIpc) is 3.47. The number of aliphatic carboxylic acids is 1. The van der Waals surface area contributed by atoms with Gasteiger partial charge in [-0.25, -0.2) is 4.68 Å². The number of hydrogen-bond donors (Lipinski definition) is 3. The third-order valence-electron chi connectivity index (χ3n) is 16.1. The predicted octanol–water partition coefficient (Wildman–Crippen LogP) is 6.52. The molecule has 11 heteroatoms. The molecule has 0 unspecified atom stereocenters. The highest BCUT2D eigenvalue weighted by Gasteiger charge is 2.72. The Morgan fingerprint density at radius 1 is 1.12 bits per heavy atom. The zero-order valence-electron chi connectivity index (χ0n) is 32.5. The number of tetrazole rings is 1. The van der Waals surface area contributed by atoms with Crippen molar-refractivity contribution >= 4 is 17.8 Å². The van der Waals surface area contributed by atoms with Gasteiger partial charge in [0, 0.05) is 23.3 Å². The molecule has 5 aliphatic rings. The minimum atomic E-state index is -0.652. The van der Waals surface area contributed by atoms with Crippen LogP contribution in [-0.2, 0) is 19.1 Å². The van der Waals surface area contributed by atoms with Gasteiger partial charge in [-0.15, -0.1) is 0 Å². The lowest BCUT2D eigenvalue weighted by Crippen LogP contribution is -2.69. The van der Waals surface area contributed by atoms with Crippen molar-refractivity contribution in [2.45, 2.75) is 132 Å². The summed E-state index contributed by atoms with van der Waals surface area (Å²) in [6.07, 6.45) is 7.49. The highest BCUT2D eigenvalue weighted by molar-refractivity contribution is 5.86. The third kappa shape index (κ3) is 5.25. The summed E-state index contributed by atoms with van der Waals surface area (Å²) in [5.74, 6) is 0.387. The minimum Gasteiger partial charge on any atom is -0.481 e. The van der Waals surface area contributed by atoms with Gasteiger partial charge in [-0.3, -0.25) is 14.9 Å². The lowest BCUT2D eigenvalue weighted by atomic mass is 9.34. The van der Waals surface area contributed by atoms with E-state index in [0.717, 1.165) is 32.1 Å². The number of carbonyl (C=O) groups excluding carboxylic acids is 1. The van der Waals surface area contributed by atoms with Crippen molar-refractivity contribution in [1.29, 1.82) is 0 Å². The van der Waals surface area contributed by atoms with Crippen LogP contribution in [0.5, 0.6) is 0 Å². The van der Waals surface area contributed by atoms with Crippen LogP contribution in [0.15, 0.2) is 11.6 Å². The molecule has 1 aliphatic heterocycles. The summed E-state index contributed by atoms with van der Waals surface area (Å²) in [7, 11) is 0. The van der Waals surface area contributed by atoms with Crippen LogP contribution in [-0.4, -0.2) is 68.7 Å². The molecular formula is C39H64N6O5. The topological polar surface area (TPSA) is 154 Å². The number of carboxylic acid groups (broad SMARTS) is 1. The molecule has 0 aromatic carbocycles. The van der Waals surface area contributed by atoms with E-state index in [0.29, 0.717) is 38.1 Å². The fraction of sp³-hybridized carbons (Fsp3) is 0.872. The fourth-order valence-corrected chi connectivity index (χ4v) is 12.2. The Morgan fingerprint density at radius 3 is 2.44 bits per heavy atom. The normalized spacial score (nSPS) is 42.8. The quantitative estimate of drug-likeness (QED) is 0.245. The van der Waals surface area contributed by atoms with Crippen LogP contribution >= 0.6 is 0 Å². The van der Waals surface area contributed by atoms with E-state index in [1.54, 1.807) is 4.68 Å². The Labute approximate surface area is 299 Å². The second-order valence-electron chi connectivity index (χ2n) is 19.1. The van der Waals surface area contributed by atoms with Crippen molar-refractivity contribution in [2.24, 2.45) is 68.3 Å². The maximum atomic E-state index is 13.5. The number of hydrogen-bond acceptors (Lipinski definition) is 8. The Hall–Kier alpha value is -2.37. The van der Waals surface area contributed by atoms with E-state index in [1.165, 1.54) is 12.5 Å². The van der Waals surface area contributed by atoms with E-state index in [1.807, 2.05) is 6.92 Å². The summed E-state index contributed by atoms with van der Waals surface area (Å²) in [4.78, 5) is 25.8. The van der Waals surface area contributed by atoms with Gasteiger partial charge in [0.05, 0.1) is 37.9 Å². The Kier molecular flexibility index (Phi) is 9.24. The lowest BCUT2D eigenvalue weighted by Gasteiger charge is -2.71. The highest BCUT2D eigenvalue weighted by atomic mass is 16.5. The first-order valence-corrected chi connectivity index (χ1v) is 19.2. The molecule has 1 saturated heterocycles. The predicted molar refractivity (Wildman–Crippen MR) is 192 cm³/mol. The summed E-state index contributed by atoms with van der Waals surface area (Å²) in [6, 6.07) is -0.283. The van der Waals surface area contributed by atoms with Crippen LogP contribution in [0, 0.1) is 62.6 Å². The second kappa shape index (κ2) is 12.4. The maximum absolute atomic E-state index is 13.5. The van der Waals surface area contributed by atoms with Crippen LogP contribution in [0.1, 0.15) is 121 Å². The molecule has 50 heavy (non-hydrogen) atoms. The number of allylic oxidation sites excluding steroid dienone is 1. The molecule has 4 aliphatic carbocycles. The summed E-state index contributed by atoms with van der Waals surface area (Å²) in [5, 5.41) is 26.7. The van der Waals surface area contributed by atoms with Gasteiger partial charge in [-0.05, 0) is 102 Å². The minimum absolute atomic E-state index is 0.193. The first kappa shape index (κ1) is 37.4. The number of nitrogens with zero attached hydrogens (tertiary/aromatic N) is 4. The van der Waals surface area contributed by atoms with Crippen molar-refractivity contribution in [2.75, 3.05) is 25.1 Å². The van der Waals surface area contributed by atoms with Crippen LogP contribution < -0.4 is 11.1 Å². The van der Waals surface area contributed by atoms with E-state index < -0.39 is 22.8 Å². The Bertz CT molecular complexity index is 1520. The number of nitrogens with one attached hydrogen (secondary N) is 1. The molecule has 2 bridgehead atoms. The number of carbonyl (C=O) groups is 2. The number of nitrogens with two attached hydrogens (primary N) is 1. The van der Waals surface area contributed by atoms with Gasteiger partial charge in [0.15, 0.2) is 0 Å². The van der Waals surface area contributed by atoms with Gasteiger partial charge in [-0.2, -0.15) is 0 Å². The molecular weight excluding hydrogens is 632 g/mol. The largest absolute Gasteiger partial charge is 0.481 e. The Balaban J connectivity index is 1.47. The Morgan fingerprint density at radius 2 is 1.82 bits per heavy atom. The van der Waals surface area contributed by atoms with Crippen molar-refractivity contribution in [3.8, 4) is 0 Å². The summed E-state index contributed by atoms with van der Waals surface area (Å²) >= 11 is 0. The smallest absolute Gasteiger partial charge is 0.307 e. The molecule has 4 N–H and O–H groups in total. The standard InChI is InChI=1S/C39H64N6O5/c1-22(2)24(5)34(7)16-17-36(9)26-12-13-29-35(8)19-49-21-39(29,27(26)14-15-37(36,10)30(34)32(47)48)18-28(31(35)50-20-38(11,40)23(3)4)45-33(41-25(6)46)42-43-44-45/h14,22-24,26,28-31H,12-13,15-21,40H2,1-11H3,(H,47,48)(H,41,42,44,46)/t24-,26+,28-,29+,30-,31+,34-,35+,36-,37+,38+,39+/m1/s1. The van der Waals surface area contributed by atoms with E-state index in [2.05, 4.69) is 89.2 Å². The summed E-state index contributed by atoms with van der Waals surface area (Å²) in [5.41, 5.74) is 6.10. The van der Waals surface area contributed by atoms with Crippen molar-refractivity contribution in [1.82, 2.24) is 20.2 Å². The van der Waals surface area contributed by atoms with Crippen molar-refractivity contribution in [3.63, 3.8) is 0 Å². The molecule has 1 aromatic heterocycles. The van der Waals surface area contributed by atoms with Gasteiger partial charge >= 0.3 is 5.97 Å². The second-order valence-corrected chi connectivity index (χ2v) is 19.1. The molecule has 1 amide bonds. The fourth-order valence-electron chi connectivity index (χ4n) is 12.2.